The minimum absolute atomic E-state index is 0.0702. The molecule has 1 aromatic carbocycles. The molecular weight excluding hydrogens is 264 g/mol. The van der Waals surface area contributed by atoms with Crippen LogP contribution in [0.2, 0.25) is 0 Å². The van der Waals surface area contributed by atoms with Gasteiger partial charge in [0.25, 0.3) is 0 Å². The fourth-order valence-corrected chi connectivity index (χ4v) is 2.93. The normalized spacial score (nSPS) is 18.0. The molecule has 21 heavy (non-hydrogen) atoms. The van der Waals surface area contributed by atoms with Crippen molar-refractivity contribution in [3.8, 4) is 5.75 Å². The molecule has 0 heterocycles. The number of carbonyl (C=O) groups excluding carboxylic acids is 1. The molecule has 0 saturated carbocycles. The average Bonchev–Trinajstić information content (AvgIpc) is 2.51. The quantitative estimate of drug-likeness (QED) is 0.875. The third-order valence-corrected chi connectivity index (χ3v) is 4.30. The summed E-state index contributed by atoms with van der Waals surface area (Å²) >= 11 is 0. The van der Waals surface area contributed by atoms with Gasteiger partial charge in [-0.15, -0.1) is 0 Å². The van der Waals surface area contributed by atoms with Crippen LogP contribution in [0.25, 0.3) is 0 Å². The van der Waals surface area contributed by atoms with E-state index in [4.69, 9.17) is 4.74 Å². The molecule has 1 atom stereocenters. The summed E-state index contributed by atoms with van der Waals surface area (Å²) in [6.07, 6.45) is 3.38. The predicted molar refractivity (Wildman–Crippen MR) is 84.5 cm³/mol. The molecule has 1 aliphatic rings. The van der Waals surface area contributed by atoms with Gasteiger partial charge in [-0.25, -0.2) is 0 Å². The molecule has 0 spiro atoms. The fraction of sp³-hybridized carbons (Fsp3) is 0.588. The van der Waals surface area contributed by atoms with Gasteiger partial charge in [0.15, 0.2) is 0 Å². The van der Waals surface area contributed by atoms with E-state index in [1.54, 1.807) is 14.2 Å². The smallest absolute Gasteiger partial charge is 0.226 e. The Balaban J connectivity index is 2.08. The summed E-state index contributed by atoms with van der Waals surface area (Å²) in [6, 6.07) is 6.62. The number of hydrogen-bond donors (Lipinski definition) is 2. The first-order valence-electron chi connectivity index (χ1n) is 7.60. The second-order valence-corrected chi connectivity index (χ2v) is 6.35. The van der Waals surface area contributed by atoms with Gasteiger partial charge in [0.05, 0.1) is 12.5 Å². The van der Waals surface area contributed by atoms with Crippen molar-refractivity contribution in [2.75, 3.05) is 20.7 Å². The third kappa shape index (κ3) is 3.56. The molecule has 1 amide bonds. The zero-order valence-corrected chi connectivity index (χ0v) is 13.5. The fourth-order valence-electron chi connectivity index (χ4n) is 2.93. The number of carbonyl (C=O) groups is 1. The van der Waals surface area contributed by atoms with E-state index in [9.17, 15) is 4.79 Å². The maximum Gasteiger partial charge on any atom is 0.226 e. The summed E-state index contributed by atoms with van der Waals surface area (Å²) in [4.78, 5) is 11.9. The van der Waals surface area contributed by atoms with Crippen LogP contribution in [0.4, 0.5) is 0 Å². The van der Waals surface area contributed by atoms with E-state index in [1.807, 2.05) is 19.9 Å². The van der Waals surface area contributed by atoms with E-state index in [2.05, 4.69) is 22.8 Å². The van der Waals surface area contributed by atoms with Crippen molar-refractivity contribution < 1.29 is 9.53 Å². The third-order valence-electron chi connectivity index (χ3n) is 4.30. The van der Waals surface area contributed by atoms with Crippen LogP contribution in [0.1, 0.15) is 43.9 Å². The number of aryl methyl sites for hydroxylation is 1. The zero-order valence-electron chi connectivity index (χ0n) is 13.5. The standard InChI is InChI=1S/C17H26N2O2/c1-17(2,16(20)18-3)11-19-15-7-5-6-12-10-13(21-4)8-9-14(12)15/h8-10,15,19H,5-7,11H2,1-4H3,(H,18,20). The summed E-state index contributed by atoms with van der Waals surface area (Å²) in [6.45, 7) is 4.61. The molecular formula is C17H26N2O2. The number of rotatable bonds is 5. The van der Waals surface area contributed by atoms with Gasteiger partial charge < -0.3 is 15.4 Å². The van der Waals surface area contributed by atoms with Gasteiger partial charge in [0.2, 0.25) is 5.91 Å². The molecule has 116 valence electrons. The SMILES string of the molecule is CNC(=O)C(C)(C)CNC1CCCc2cc(OC)ccc21. The molecule has 0 aliphatic heterocycles. The van der Waals surface area contributed by atoms with Crippen molar-refractivity contribution >= 4 is 5.91 Å². The van der Waals surface area contributed by atoms with Crippen molar-refractivity contribution in [2.45, 2.75) is 39.2 Å². The van der Waals surface area contributed by atoms with Crippen molar-refractivity contribution in [3.63, 3.8) is 0 Å². The second kappa shape index (κ2) is 6.48. The van der Waals surface area contributed by atoms with Crippen LogP contribution in [-0.2, 0) is 11.2 Å². The van der Waals surface area contributed by atoms with Gasteiger partial charge in [-0.2, -0.15) is 0 Å². The number of nitrogens with one attached hydrogen (secondary N) is 2. The number of benzene rings is 1. The first-order chi connectivity index (χ1) is 9.97. The lowest BCUT2D eigenvalue weighted by Gasteiger charge is -2.31. The van der Waals surface area contributed by atoms with Gasteiger partial charge in [-0.1, -0.05) is 6.07 Å². The molecule has 4 heteroatoms. The van der Waals surface area contributed by atoms with Crippen molar-refractivity contribution in [1.29, 1.82) is 0 Å². The first-order valence-corrected chi connectivity index (χ1v) is 7.60. The molecule has 2 rings (SSSR count). The van der Waals surface area contributed by atoms with Crippen molar-refractivity contribution in [1.82, 2.24) is 10.6 Å². The molecule has 1 aromatic rings. The van der Waals surface area contributed by atoms with Gasteiger partial charge in [-0.3, -0.25) is 4.79 Å². The van der Waals surface area contributed by atoms with Gasteiger partial charge in [0.1, 0.15) is 5.75 Å². The van der Waals surface area contributed by atoms with E-state index in [0.29, 0.717) is 12.6 Å². The largest absolute Gasteiger partial charge is 0.497 e. The monoisotopic (exact) mass is 290 g/mol. The molecule has 4 nitrogen and oxygen atoms in total. The summed E-state index contributed by atoms with van der Waals surface area (Å²) in [5, 5.41) is 6.30. The van der Waals surface area contributed by atoms with Gasteiger partial charge in [0, 0.05) is 19.6 Å². The van der Waals surface area contributed by atoms with Crippen LogP contribution < -0.4 is 15.4 Å². The minimum atomic E-state index is -0.404. The van der Waals surface area contributed by atoms with E-state index in [-0.39, 0.29) is 5.91 Å². The Bertz CT molecular complexity index is 512. The Morgan fingerprint density at radius 2 is 2.19 bits per heavy atom. The first kappa shape index (κ1) is 15.8. The van der Waals surface area contributed by atoms with E-state index >= 15 is 0 Å². The van der Waals surface area contributed by atoms with E-state index in [1.165, 1.54) is 11.1 Å². The van der Waals surface area contributed by atoms with Crippen molar-refractivity contribution in [3.05, 3.63) is 29.3 Å². The Morgan fingerprint density at radius 1 is 1.43 bits per heavy atom. The average molecular weight is 290 g/mol. The summed E-state index contributed by atoms with van der Waals surface area (Å²) in [7, 11) is 3.39. The molecule has 0 bridgehead atoms. The predicted octanol–water partition coefficient (Wildman–Crippen LogP) is 2.43. The molecule has 2 N–H and O–H groups in total. The van der Waals surface area contributed by atoms with Crippen LogP contribution in [0, 0.1) is 5.41 Å². The van der Waals surface area contributed by atoms with Crippen LogP contribution in [-0.4, -0.2) is 26.6 Å². The Kier molecular flexibility index (Phi) is 4.88. The highest BCUT2D eigenvalue weighted by molar-refractivity contribution is 5.81. The van der Waals surface area contributed by atoms with Crippen LogP contribution in [0.5, 0.6) is 5.75 Å². The lowest BCUT2D eigenvalue weighted by molar-refractivity contribution is -0.128. The van der Waals surface area contributed by atoms with Gasteiger partial charge >= 0.3 is 0 Å². The highest BCUT2D eigenvalue weighted by atomic mass is 16.5. The Hall–Kier alpha value is -1.55. The number of methoxy groups -OCH3 is 1. The highest BCUT2D eigenvalue weighted by Crippen LogP contribution is 2.32. The lowest BCUT2D eigenvalue weighted by Crippen LogP contribution is -2.43. The maximum atomic E-state index is 11.9. The summed E-state index contributed by atoms with van der Waals surface area (Å²) in [5.74, 6) is 0.987. The molecule has 0 aromatic heterocycles. The highest BCUT2D eigenvalue weighted by Gasteiger charge is 2.29. The molecule has 1 unspecified atom stereocenters. The number of fused-ring (bicyclic) bond motifs is 1. The molecule has 0 fully saturated rings. The van der Waals surface area contributed by atoms with E-state index in [0.717, 1.165) is 25.0 Å². The van der Waals surface area contributed by atoms with E-state index < -0.39 is 5.41 Å². The molecule has 0 saturated heterocycles. The van der Waals surface area contributed by atoms with Gasteiger partial charge in [-0.05, 0) is 56.4 Å². The van der Waals surface area contributed by atoms with Crippen LogP contribution in [0.3, 0.4) is 0 Å². The maximum absolute atomic E-state index is 11.9. The zero-order chi connectivity index (χ0) is 15.5. The Morgan fingerprint density at radius 3 is 2.86 bits per heavy atom. The number of ether oxygens (including phenoxy) is 1. The summed E-state index contributed by atoms with van der Waals surface area (Å²) < 4.78 is 5.30. The lowest BCUT2D eigenvalue weighted by atomic mass is 9.86. The van der Waals surface area contributed by atoms with Crippen LogP contribution >= 0.6 is 0 Å². The Labute approximate surface area is 127 Å². The number of hydrogen-bond acceptors (Lipinski definition) is 3. The molecule has 0 radical (unpaired) electrons. The van der Waals surface area contributed by atoms with Crippen molar-refractivity contribution in [2.24, 2.45) is 5.41 Å². The summed E-state index contributed by atoms with van der Waals surface area (Å²) in [5.41, 5.74) is 2.30. The second-order valence-electron chi connectivity index (χ2n) is 6.35. The topological polar surface area (TPSA) is 50.4 Å². The molecule has 1 aliphatic carbocycles. The number of amides is 1. The minimum Gasteiger partial charge on any atom is -0.497 e. The van der Waals surface area contributed by atoms with Crippen LogP contribution in [0.15, 0.2) is 18.2 Å².